The van der Waals surface area contributed by atoms with Crippen molar-refractivity contribution in [1.29, 1.82) is 0 Å². The first-order valence-electron chi connectivity index (χ1n) is 6.42. The Labute approximate surface area is 125 Å². The Morgan fingerprint density at radius 3 is 2.90 bits per heavy atom. The van der Waals surface area contributed by atoms with E-state index in [1.807, 2.05) is 43.7 Å². The lowest BCUT2D eigenvalue weighted by Gasteiger charge is -2.13. The number of nitrogens with zero attached hydrogens (tertiary/aromatic N) is 3. The number of hydrogen-bond donors (Lipinski definition) is 1. The molecule has 0 saturated heterocycles. The van der Waals surface area contributed by atoms with Crippen LogP contribution in [0.3, 0.4) is 0 Å². The maximum absolute atomic E-state index is 6.30. The third-order valence-electron chi connectivity index (χ3n) is 3.27. The monoisotopic (exact) mass is 330 g/mol. The van der Waals surface area contributed by atoms with Gasteiger partial charge in [-0.05, 0) is 40.0 Å². The average molecular weight is 331 g/mol. The van der Waals surface area contributed by atoms with Crippen LogP contribution in [0.4, 0.5) is 0 Å². The smallest absolute Gasteiger partial charge is 0.0723 e. The van der Waals surface area contributed by atoms with Crippen LogP contribution in [0.25, 0.3) is 10.9 Å². The molecule has 102 valence electrons. The van der Waals surface area contributed by atoms with Crippen LogP contribution in [0.15, 0.2) is 47.2 Å². The van der Waals surface area contributed by atoms with Crippen molar-refractivity contribution < 1.29 is 0 Å². The van der Waals surface area contributed by atoms with Crippen molar-refractivity contribution in [1.82, 2.24) is 14.8 Å². The average Bonchev–Trinajstić information content (AvgIpc) is 2.83. The molecule has 5 heteroatoms. The summed E-state index contributed by atoms with van der Waals surface area (Å²) in [4.78, 5) is 4.68. The van der Waals surface area contributed by atoms with E-state index in [0.29, 0.717) is 0 Å². The molecule has 0 aliphatic rings. The second-order valence-corrected chi connectivity index (χ2v) is 5.74. The SMILES string of the molecule is Cn1cc(CC(N)c2nc3ccccc3cc2Br)cn1. The van der Waals surface area contributed by atoms with Crippen LogP contribution in [-0.2, 0) is 13.5 Å². The number of nitrogens with two attached hydrogens (primary N) is 1. The molecule has 0 fully saturated rings. The summed E-state index contributed by atoms with van der Waals surface area (Å²) in [6.45, 7) is 0. The van der Waals surface area contributed by atoms with Crippen LogP contribution in [-0.4, -0.2) is 14.8 Å². The third-order valence-corrected chi connectivity index (χ3v) is 3.90. The summed E-state index contributed by atoms with van der Waals surface area (Å²) in [6.07, 6.45) is 4.54. The molecule has 2 N–H and O–H groups in total. The van der Waals surface area contributed by atoms with E-state index in [-0.39, 0.29) is 6.04 Å². The summed E-state index contributed by atoms with van der Waals surface area (Å²) in [5, 5.41) is 5.27. The Morgan fingerprint density at radius 2 is 2.15 bits per heavy atom. The first-order valence-corrected chi connectivity index (χ1v) is 7.21. The molecule has 0 amide bonds. The lowest BCUT2D eigenvalue weighted by atomic mass is 10.1. The van der Waals surface area contributed by atoms with E-state index in [1.165, 1.54) is 0 Å². The summed E-state index contributed by atoms with van der Waals surface area (Å²) in [6, 6.07) is 9.95. The first-order chi connectivity index (χ1) is 9.63. The number of rotatable bonds is 3. The molecule has 2 aromatic heterocycles. The molecular weight excluding hydrogens is 316 g/mol. The quantitative estimate of drug-likeness (QED) is 0.803. The molecular formula is C15H15BrN4. The fourth-order valence-electron chi connectivity index (χ4n) is 2.29. The number of para-hydroxylation sites is 1. The van der Waals surface area contributed by atoms with Gasteiger partial charge >= 0.3 is 0 Å². The van der Waals surface area contributed by atoms with Gasteiger partial charge in [0.1, 0.15) is 0 Å². The Hall–Kier alpha value is -1.72. The minimum atomic E-state index is -0.154. The van der Waals surface area contributed by atoms with Gasteiger partial charge in [0.25, 0.3) is 0 Å². The molecule has 2 heterocycles. The number of aryl methyl sites for hydroxylation is 1. The maximum atomic E-state index is 6.30. The highest BCUT2D eigenvalue weighted by Gasteiger charge is 2.14. The number of pyridine rings is 1. The third kappa shape index (κ3) is 2.59. The van der Waals surface area contributed by atoms with Crippen molar-refractivity contribution in [2.75, 3.05) is 0 Å². The van der Waals surface area contributed by atoms with Gasteiger partial charge in [-0.25, -0.2) is 4.98 Å². The van der Waals surface area contributed by atoms with Gasteiger partial charge in [-0.3, -0.25) is 4.68 Å². The van der Waals surface area contributed by atoms with Gasteiger partial charge < -0.3 is 5.73 Å². The molecule has 3 rings (SSSR count). The van der Waals surface area contributed by atoms with Crippen molar-refractivity contribution in [2.45, 2.75) is 12.5 Å². The van der Waals surface area contributed by atoms with Gasteiger partial charge in [0, 0.05) is 23.1 Å². The molecule has 0 spiro atoms. The zero-order valence-electron chi connectivity index (χ0n) is 11.1. The van der Waals surface area contributed by atoms with Crippen molar-refractivity contribution >= 4 is 26.8 Å². The fourth-order valence-corrected chi connectivity index (χ4v) is 2.92. The van der Waals surface area contributed by atoms with E-state index in [4.69, 9.17) is 5.73 Å². The zero-order chi connectivity index (χ0) is 14.1. The second-order valence-electron chi connectivity index (χ2n) is 4.88. The number of fused-ring (bicyclic) bond motifs is 1. The molecule has 0 bridgehead atoms. The van der Waals surface area contributed by atoms with E-state index in [1.54, 1.807) is 4.68 Å². The summed E-state index contributed by atoms with van der Waals surface area (Å²) in [5.74, 6) is 0. The highest BCUT2D eigenvalue weighted by atomic mass is 79.9. The summed E-state index contributed by atoms with van der Waals surface area (Å²) < 4.78 is 2.73. The highest BCUT2D eigenvalue weighted by molar-refractivity contribution is 9.10. The van der Waals surface area contributed by atoms with Gasteiger partial charge in [-0.15, -0.1) is 0 Å². The van der Waals surface area contributed by atoms with E-state index in [9.17, 15) is 0 Å². The molecule has 0 radical (unpaired) electrons. The largest absolute Gasteiger partial charge is 0.322 e. The number of hydrogen-bond acceptors (Lipinski definition) is 3. The Morgan fingerprint density at radius 1 is 1.35 bits per heavy atom. The van der Waals surface area contributed by atoms with Crippen LogP contribution in [0.2, 0.25) is 0 Å². The molecule has 20 heavy (non-hydrogen) atoms. The van der Waals surface area contributed by atoms with Crippen LogP contribution in [0.1, 0.15) is 17.3 Å². The summed E-state index contributed by atoms with van der Waals surface area (Å²) in [7, 11) is 1.90. The Kier molecular flexibility index (Phi) is 3.54. The molecule has 4 nitrogen and oxygen atoms in total. The molecule has 3 aromatic rings. The summed E-state index contributed by atoms with van der Waals surface area (Å²) in [5.41, 5.74) is 9.26. The predicted octanol–water partition coefficient (Wildman–Crippen LogP) is 2.97. The molecule has 0 saturated carbocycles. The van der Waals surface area contributed by atoms with E-state index in [2.05, 4.69) is 32.1 Å². The topological polar surface area (TPSA) is 56.7 Å². The van der Waals surface area contributed by atoms with Crippen molar-refractivity contribution in [3.05, 3.63) is 58.5 Å². The van der Waals surface area contributed by atoms with Gasteiger partial charge in [0.15, 0.2) is 0 Å². The molecule has 0 aliphatic carbocycles. The highest BCUT2D eigenvalue weighted by Crippen LogP contribution is 2.26. The van der Waals surface area contributed by atoms with Gasteiger partial charge in [-0.1, -0.05) is 18.2 Å². The van der Waals surface area contributed by atoms with Crippen LogP contribution in [0.5, 0.6) is 0 Å². The van der Waals surface area contributed by atoms with Crippen LogP contribution in [0, 0.1) is 0 Å². The van der Waals surface area contributed by atoms with Crippen LogP contribution >= 0.6 is 15.9 Å². The number of aromatic nitrogens is 3. The van der Waals surface area contributed by atoms with Gasteiger partial charge in [0.2, 0.25) is 0 Å². The lowest BCUT2D eigenvalue weighted by Crippen LogP contribution is -2.15. The molecule has 1 atom stereocenters. The second kappa shape index (κ2) is 5.34. The Balaban J connectivity index is 1.94. The van der Waals surface area contributed by atoms with Crippen LogP contribution < -0.4 is 5.73 Å². The van der Waals surface area contributed by atoms with Crippen molar-refractivity contribution in [3.8, 4) is 0 Å². The van der Waals surface area contributed by atoms with Crippen molar-refractivity contribution in [3.63, 3.8) is 0 Å². The van der Waals surface area contributed by atoms with Gasteiger partial charge in [0.05, 0.1) is 23.4 Å². The lowest BCUT2D eigenvalue weighted by molar-refractivity contribution is 0.694. The standard InChI is InChI=1S/C15H15BrN4/c1-20-9-10(8-18-20)6-13(17)15-12(16)7-11-4-2-3-5-14(11)19-15/h2-5,7-9,13H,6,17H2,1H3. The molecule has 1 unspecified atom stereocenters. The first kappa shape index (κ1) is 13.3. The summed E-state index contributed by atoms with van der Waals surface area (Å²) >= 11 is 3.57. The minimum Gasteiger partial charge on any atom is -0.322 e. The van der Waals surface area contributed by atoms with E-state index < -0.39 is 0 Å². The minimum absolute atomic E-state index is 0.154. The van der Waals surface area contributed by atoms with Gasteiger partial charge in [-0.2, -0.15) is 5.10 Å². The fraction of sp³-hybridized carbons (Fsp3) is 0.200. The maximum Gasteiger partial charge on any atom is 0.0723 e. The molecule has 0 aliphatic heterocycles. The Bertz CT molecular complexity index is 750. The van der Waals surface area contributed by atoms with Crippen molar-refractivity contribution in [2.24, 2.45) is 12.8 Å². The molecule has 1 aromatic carbocycles. The number of halogens is 1. The number of benzene rings is 1. The predicted molar refractivity (Wildman–Crippen MR) is 83.3 cm³/mol. The van der Waals surface area contributed by atoms with E-state index in [0.717, 1.165) is 33.1 Å². The van der Waals surface area contributed by atoms with E-state index >= 15 is 0 Å². The zero-order valence-corrected chi connectivity index (χ0v) is 12.7. The normalized spacial score (nSPS) is 12.8.